The molecule has 2 unspecified atom stereocenters. The van der Waals surface area contributed by atoms with E-state index in [2.05, 4.69) is 41.6 Å². The van der Waals surface area contributed by atoms with E-state index in [0.29, 0.717) is 6.54 Å². The summed E-state index contributed by atoms with van der Waals surface area (Å²) in [5, 5.41) is 5.80. The van der Waals surface area contributed by atoms with Crippen LogP contribution in [0.3, 0.4) is 0 Å². The molecular formula is C16H18N2. The maximum absolute atomic E-state index is 5.82. The molecule has 3 N–H and O–H groups in total. The largest absolute Gasteiger partial charge is 0.329 e. The highest BCUT2D eigenvalue weighted by molar-refractivity contribution is 5.83. The fourth-order valence-electron chi connectivity index (χ4n) is 2.07. The number of terminal acetylenes is 1. The highest BCUT2D eigenvalue weighted by Gasteiger charge is 2.11. The van der Waals surface area contributed by atoms with Crippen molar-refractivity contribution in [3.63, 3.8) is 0 Å². The van der Waals surface area contributed by atoms with E-state index in [1.807, 2.05) is 19.1 Å². The first kappa shape index (κ1) is 12.6. The Kier molecular flexibility index (Phi) is 3.99. The molecule has 0 aromatic heterocycles. The number of benzene rings is 2. The Hall–Kier alpha value is -1.82. The molecule has 0 heterocycles. The molecule has 2 heteroatoms. The second kappa shape index (κ2) is 5.68. The quantitative estimate of drug-likeness (QED) is 0.803. The van der Waals surface area contributed by atoms with Gasteiger partial charge in [0.2, 0.25) is 0 Å². The molecule has 0 aliphatic heterocycles. The number of hydrogen-bond acceptors (Lipinski definition) is 2. The third-order valence-corrected chi connectivity index (χ3v) is 3.11. The van der Waals surface area contributed by atoms with Crippen LogP contribution in [-0.2, 0) is 0 Å². The summed E-state index contributed by atoms with van der Waals surface area (Å²) in [6, 6.07) is 14.8. The molecule has 0 fully saturated rings. The van der Waals surface area contributed by atoms with Crippen molar-refractivity contribution in [1.82, 2.24) is 5.32 Å². The zero-order chi connectivity index (χ0) is 13.0. The molecule has 0 radical (unpaired) electrons. The van der Waals surface area contributed by atoms with Crippen molar-refractivity contribution in [3.05, 3.63) is 48.0 Å². The van der Waals surface area contributed by atoms with Crippen LogP contribution in [0.5, 0.6) is 0 Å². The van der Waals surface area contributed by atoms with Crippen molar-refractivity contribution in [2.75, 3.05) is 6.54 Å². The molecule has 2 aromatic rings. The fraction of sp³-hybridized carbons (Fsp3) is 0.250. The maximum atomic E-state index is 5.82. The minimum Gasteiger partial charge on any atom is -0.329 e. The molecule has 0 aliphatic rings. The highest BCUT2D eigenvalue weighted by atomic mass is 15.0. The summed E-state index contributed by atoms with van der Waals surface area (Å²) >= 11 is 0. The summed E-state index contributed by atoms with van der Waals surface area (Å²) in [5.74, 6) is 2.67. The Bertz CT molecular complexity index is 569. The average Bonchev–Trinajstić information content (AvgIpc) is 2.44. The number of nitrogens with two attached hydrogens (primary N) is 1. The van der Waals surface area contributed by atoms with Gasteiger partial charge in [0.05, 0.1) is 6.04 Å². The Morgan fingerprint density at radius 2 is 1.94 bits per heavy atom. The van der Waals surface area contributed by atoms with Gasteiger partial charge in [-0.2, -0.15) is 0 Å². The number of nitrogens with one attached hydrogen (secondary N) is 1. The lowest BCUT2D eigenvalue weighted by Gasteiger charge is -2.20. The maximum Gasteiger partial charge on any atom is 0.0663 e. The van der Waals surface area contributed by atoms with Gasteiger partial charge < -0.3 is 5.73 Å². The van der Waals surface area contributed by atoms with Crippen molar-refractivity contribution >= 4 is 10.8 Å². The summed E-state index contributed by atoms with van der Waals surface area (Å²) in [5.41, 5.74) is 7.00. The predicted molar refractivity (Wildman–Crippen MR) is 77.2 cm³/mol. The van der Waals surface area contributed by atoms with Gasteiger partial charge in [0.1, 0.15) is 0 Å². The molecule has 2 rings (SSSR count). The lowest BCUT2D eigenvalue weighted by atomic mass is 10.0. The van der Waals surface area contributed by atoms with Crippen LogP contribution in [0.1, 0.15) is 18.5 Å². The van der Waals surface area contributed by atoms with Crippen LogP contribution in [0.2, 0.25) is 0 Å². The second-order valence-electron chi connectivity index (χ2n) is 4.45. The topological polar surface area (TPSA) is 38.0 Å². The fourth-order valence-corrected chi connectivity index (χ4v) is 2.07. The molecule has 2 nitrogen and oxygen atoms in total. The monoisotopic (exact) mass is 238 g/mol. The molecule has 0 bridgehead atoms. The van der Waals surface area contributed by atoms with Gasteiger partial charge in [0.25, 0.3) is 0 Å². The second-order valence-corrected chi connectivity index (χ2v) is 4.45. The van der Waals surface area contributed by atoms with Crippen LogP contribution in [0.25, 0.3) is 10.8 Å². The Morgan fingerprint density at radius 3 is 2.61 bits per heavy atom. The minimum atomic E-state index is 0.0185. The van der Waals surface area contributed by atoms with Gasteiger partial charge in [0, 0.05) is 12.6 Å². The van der Waals surface area contributed by atoms with E-state index in [1.165, 1.54) is 16.3 Å². The van der Waals surface area contributed by atoms with Gasteiger partial charge in [-0.05, 0) is 29.3 Å². The highest BCUT2D eigenvalue weighted by Crippen LogP contribution is 2.20. The minimum absolute atomic E-state index is 0.0185. The zero-order valence-electron chi connectivity index (χ0n) is 10.6. The Balaban J connectivity index is 2.31. The standard InChI is InChI=1S/C16H18N2/c1-3-12(2)18-16(11-17)15-9-8-13-6-4-5-7-14(13)10-15/h1,4-10,12,16,18H,11,17H2,2H3. The molecule has 0 amide bonds. The predicted octanol–water partition coefficient (Wildman–Crippen LogP) is 2.45. The third kappa shape index (κ3) is 2.70. The van der Waals surface area contributed by atoms with E-state index in [-0.39, 0.29) is 12.1 Å². The van der Waals surface area contributed by atoms with Gasteiger partial charge in [0.15, 0.2) is 0 Å². The molecule has 0 saturated heterocycles. The smallest absolute Gasteiger partial charge is 0.0663 e. The summed E-state index contributed by atoms with van der Waals surface area (Å²) < 4.78 is 0. The zero-order valence-corrected chi connectivity index (χ0v) is 10.6. The SMILES string of the molecule is C#CC(C)NC(CN)c1ccc2ccccc2c1. The normalized spacial score (nSPS) is 14.1. The molecule has 18 heavy (non-hydrogen) atoms. The van der Waals surface area contributed by atoms with Crippen LogP contribution >= 0.6 is 0 Å². The molecule has 0 saturated carbocycles. The van der Waals surface area contributed by atoms with Crippen LogP contribution in [0.15, 0.2) is 42.5 Å². The molecule has 0 spiro atoms. The van der Waals surface area contributed by atoms with E-state index in [9.17, 15) is 0 Å². The first-order chi connectivity index (χ1) is 8.74. The van der Waals surface area contributed by atoms with E-state index in [1.54, 1.807) is 0 Å². The van der Waals surface area contributed by atoms with E-state index >= 15 is 0 Å². The summed E-state index contributed by atoms with van der Waals surface area (Å²) in [4.78, 5) is 0. The lowest BCUT2D eigenvalue weighted by molar-refractivity contribution is 0.518. The van der Waals surface area contributed by atoms with Crippen LogP contribution < -0.4 is 11.1 Å². The van der Waals surface area contributed by atoms with Crippen molar-refractivity contribution in [2.45, 2.75) is 19.0 Å². The molecular weight excluding hydrogens is 220 g/mol. The van der Waals surface area contributed by atoms with E-state index < -0.39 is 0 Å². The van der Waals surface area contributed by atoms with Gasteiger partial charge in [-0.25, -0.2) is 0 Å². The van der Waals surface area contributed by atoms with Crippen LogP contribution in [0.4, 0.5) is 0 Å². The number of fused-ring (bicyclic) bond motifs is 1. The van der Waals surface area contributed by atoms with Crippen LogP contribution in [0, 0.1) is 12.3 Å². The first-order valence-corrected chi connectivity index (χ1v) is 6.15. The molecule has 2 atom stereocenters. The van der Waals surface area contributed by atoms with Gasteiger partial charge in [-0.1, -0.05) is 42.3 Å². The Labute approximate surface area is 108 Å². The summed E-state index contributed by atoms with van der Waals surface area (Å²) in [6.07, 6.45) is 5.39. The average molecular weight is 238 g/mol. The molecule has 2 aromatic carbocycles. The van der Waals surface area contributed by atoms with E-state index in [0.717, 1.165) is 0 Å². The lowest BCUT2D eigenvalue weighted by Crippen LogP contribution is -2.34. The van der Waals surface area contributed by atoms with Crippen molar-refractivity contribution < 1.29 is 0 Å². The number of hydrogen-bond donors (Lipinski definition) is 2. The Morgan fingerprint density at radius 1 is 1.22 bits per heavy atom. The van der Waals surface area contributed by atoms with E-state index in [4.69, 9.17) is 12.2 Å². The van der Waals surface area contributed by atoms with Gasteiger partial charge in [-0.3, -0.25) is 5.32 Å². The summed E-state index contributed by atoms with van der Waals surface area (Å²) in [7, 11) is 0. The first-order valence-electron chi connectivity index (χ1n) is 6.15. The van der Waals surface area contributed by atoms with Crippen molar-refractivity contribution in [1.29, 1.82) is 0 Å². The van der Waals surface area contributed by atoms with Crippen molar-refractivity contribution in [2.24, 2.45) is 5.73 Å². The third-order valence-electron chi connectivity index (χ3n) is 3.11. The van der Waals surface area contributed by atoms with Gasteiger partial charge in [-0.15, -0.1) is 6.42 Å². The summed E-state index contributed by atoms with van der Waals surface area (Å²) in [6.45, 7) is 2.49. The molecule has 0 aliphatic carbocycles. The number of rotatable bonds is 4. The van der Waals surface area contributed by atoms with Crippen molar-refractivity contribution in [3.8, 4) is 12.3 Å². The van der Waals surface area contributed by atoms with Gasteiger partial charge >= 0.3 is 0 Å². The van der Waals surface area contributed by atoms with Crippen LogP contribution in [-0.4, -0.2) is 12.6 Å². The molecule has 92 valence electrons.